The molecule has 6 N–H and O–H groups in total. The zero-order valence-electron chi connectivity index (χ0n) is 15.5. The zero-order valence-corrected chi connectivity index (χ0v) is 15.5. The molecule has 0 saturated heterocycles. The van der Waals surface area contributed by atoms with Crippen LogP contribution in [0.1, 0.15) is 0 Å². The molecule has 0 heterocycles. The molecule has 4 aromatic carbocycles. The predicted molar refractivity (Wildman–Crippen MR) is 106 cm³/mol. The minimum atomic E-state index is -0.356. The summed E-state index contributed by atoms with van der Waals surface area (Å²) in [5, 5.41) is 65.6. The van der Waals surface area contributed by atoms with Gasteiger partial charge in [-0.15, -0.1) is 0 Å². The number of hydrogen-bond acceptors (Lipinski definition) is 6. The van der Waals surface area contributed by atoms with Gasteiger partial charge in [-0.2, -0.15) is 0 Å². The fourth-order valence-corrected chi connectivity index (χ4v) is 4.02. The number of aromatic hydroxyl groups is 6. The smallest absolute Gasteiger partial charge is 0.158 e. The molecule has 5 rings (SSSR count). The molecule has 6 nitrogen and oxygen atoms in total. The number of hydrogen-bond donors (Lipinski definition) is 6. The van der Waals surface area contributed by atoms with Gasteiger partial charge in [-0.25, -0.2) is 0 Å². The van der Waals surface area contributed by atoms with Crippen LogP contribution in [0.5, 0.6) is 34.5 Å². The first-order valence-electron chi connectivity index (χ1n) is 9.13. The molecule has 0 aliphatic heterocycles. The van der Waals surface area contributed by atoms with Gasteiger partial charge in [0, 0.05) is 0 Å². The van der Waals surface area contributed by atoms with E-state index in [2.05, 4.69) is 0 Å². The molecule has 0 fully saturated rings. The normalized spacial score (nSPS) is 16.3. The Labute approximate surface area is 168 Å². The molecule has 0 aromatic heterocycles. The van der Waals surface area contributed by atoms with Crippen LogP contribution in [-0.2, 0) is 0 Å². The Bertz CT molecular complexity index is 1630. The van der Waals surface area contributed by atoms with Crippen molar-refractivity contribution in [3.05, 3.63) is 102 Å². The van der Waals surface area contributed by atoms with E-state index in [-0.39, 0.29) is 34.5 Å². The van der Waals surface area contributed by atoms with E-state index in [9.17, 15) is 30.6 Å². The summed E-state index contributed by atoms with van der Waals surface area (Å²) in [6.07, 6.45) is 0. The van der Waals surface area contributed by atoms with Gasteiger partial charge in [0.15, 0.2) is 34.5 Å². The van der Waals surface area contributed by atoms with Crippen molar-refractivity contribution < 1.29 is 30.6 Å². The van der Waals surface area contributed by atoms with E-state index in [4.69, 9.17) is 0 Å². The molecule has 0 unspecified atom stereocenters. The summed E-state index contributed by atoms with van der Waals surface area (Å²) >= 11 is 0. The van der Waals surface area contributed by atoms with Gasteiger partial charge in [-0.05, 0) is 78.1 Å². The van der Waals surface area contributed by atoms with Crippen molar-refractivity contribution in [1.29, 1.82) is 0 Å². The lowest BCUT2D eigenvalue weighted by Gasteiger charge is -2.07. The van der Waals surface area contributed by atoms with Gasteiger partial charge in [-0.1, -0.05) is 24.3 Å². The first-order chi connectivity index (χ1) is 14.3. The van der Waals surface area contributed by atoms with Crippen molar-refractivity contribution in [2.45, 2.75) is 0 Å². The van der Waals surface area contributed by atoms with Crippen LogP contribution >= 0.6 is 0 Å². The Morgan fingerprint density at radius 3 is 0.733 bits per heavy atom. The van der Waals surface area contributed by atoms with Crippen LogP contribution in [0.4, 0.5) is 0 Å². The van der Waals surface area contributed by atoms with Crippen LogP contribution in [-0.4, -0.2) is 30.6 Å². The fourth-order valence-electron chi connectivity index (χ4n) is 4.02. The lowest BCUT2D eigenvalue weighted by atomic mass is 10.0. The van der Waals surface area contributed by atoms with Crippen LogP contribution in [0.2, 0.25) is 0 Å². The molecule has 0 saturated carbocycles. The molecule has 0 bridgehead atoms. The first kappa shape index (κ1) is 17.8. The average Bonchev–Trinajstić information content (AvgIpc) is 2.72. The van der Waals surface area contributed by atoms with Gasteiger partial charge in [0.1, 0.15) is 0 Å². The predicted octanol–water partition coefficient (Wildman–Crippen LogP) is 3.38. The lowest BCUT2D eigenvalue weighted by Crippen LogP contribution is -1.91. The molecular formula is C24H16O6. The van der Waals surface area contributed by atoms with Crippen molar-refractivity contribution in [2.24, 2.45) is 0 Å². The number of phenols is 6. The van der Waals surface area contributed by atoms with E-state index >= 15 is 0 Å². The third kappa shape index (κ3) is 2.44. The highest BCUT2D eigenvalue weighted by Gasteiger charge is 2.09. The summed E-state index contributed by atoms with van der Waals surface area (Å²) in [6, 6.07) is 15.7. The van der Waals surface area contributed by atoms with Gasteiger partial charge >= 0.3 is 0 Å². The van der Waals surface area contributed by atoms with Crippen LogP contribution in [0, 0.1) is 41.7 Å². The summed E-state index contributed by atoms with van der Waals surface area (Å²) in [6.45, 7) is 0. The highest BCUT2D eigenvalue weighted by atomic mass is 16.3. The van der Waals surface area contributed by atoms with E-state index in [1.165, 1.54) is 36.4 Å². The third-order valence-electron chi connectivity index (χ3n) is 5.43. The van der Waals surface area contributed by atoms with Gasteiger partial charge < -0.3 is 30.6 Å². The first-order valence-corrected chi connectivity index (χ1v) is 9.13. The third-order valence-corrected chi connectivity index (χ3v) is 5.43. The molecule has 0 amide bonds. The van der Waals surface area contributed by atoms with Crippen molar-refractivity contribution in [3.8, 4) is 34.5 Å². The Balaban J connectivity index is 2.43. The molecule has 148 valence electrons. The molecule has 1 aliphatic carbocycles. The monoisotopic (exact) mass is 400 g/mol. The molecule has 6 heteroatoms. The topological polar surface area (TPSA) is 121 Å². The zero-order chi connectivity index (χ0) is 21.2. The summed E-state index contributed by atoms with van der Waals surface area (Å²) in [7, 11) is 0. The minimum absolute atomic E-state index is 0.303. The number of benzene rings is 4. The van der Waals surface area contributed by atoms with Crippen LogP contribution in [0.25, 0.3) is 0 Å². The van der Waals surface area contributed by atoms with E-state index in [1.807, 2.05) is 24.3 Å². The minimum Gasteiger partial charge on any atom is -0.504 e. The van der Waals surface area contributed by atoms with Crippen molar-refractivity contribution >= 4 is 0 Å². The van der Waals surface area contributed by atoms with Crippen molar-refractivity contribution in [2.75, 3.05) is 0 Å². The van der Waals surface area contributed by atoms with E-state index in [0.717, 1.165) is 0 Å². The lowest BCUT2D eigenvalue weighted by molar-refractivity contribution is 0.401. The van der Waals surface area contributed by atoms with E-state index < -0.39 is 0 Å². The Hall–Kier alpha value is -4.32. The SMILES string of the molecule is Oc1cc2/c(cc1O)=c1/cc(O)c(O)c/c1=c1\cc(O)c(O)c\c1=c1/cccc/c1=2. The fraction of sp³-hybridized carbons (Fsp3) is 0. The molecule has 0 radical (unpaired) electrons. The Kier molecular flexibility index (Phi) is 3.60. The number of phenolic OH excluding ortho intramolecular Hbond substituents is 6. The van der Waals surface area contributed by atoms with Gasteiger partial charge in [0.25, 0.3) is 0 Å². The Morgan fingerprint density at radius 2 is 0.500 bits per heavy atom. The summed E-state index contributed by atoms with van der Waals surface area (Å²) in [5.41, 5.74) is 0. The second-order valence-electron chi connectivity index (χ2n) is 7.21. The second-order valence-corrected chi connectivity index (χ2v) is 7.21. The van der Waals surface area contributed by atoms with Crippen LogP contribution < -0.4 is 0 Å². The van der Waals surface area contributed by atoms with Gasteiger partial charge in [-0.3, -0.25) is 0 Å². The quantitative estimate of drug-likeness (QED) is 0.222. The maximum atomic E-state index is 10.2. The van der Waals surface area contributed by atoms with Crippen LogP contribution in [0.15, 0.2) is 60.7 Å². The Morgan fingerprint density at radius 1 is 0.300 bits per heavy atom. The highest BCUT2D eigenvalue weighted by molar-refractivity contribution is 5.47. The van der Waals surface area contributed by atoms with Crippen molar-refractivity contribution in [1.82, 2.24) is 0 Å². The highest BCUT2D eigenvalue weighted by Crippen LogP contribution is 2.31. The number of fused-ring (bicyclic) bond motifs is 4. The van der Waals surface area contributed by atoms with Crippen molar-refractivity contribution in [3.63, 3.8) is 0 Å². The van der Waals surface area contributed by atoms with Gasteiger partial charge in [0.2, 0.25) is 0 Å². The molecule has 0 spiro atoms. The van der Waals surface area contributed by atoms with Gasteiger partial charge in [0.05, 0.1) is 0 Å². The standard InChI is InChI=1S/C24H16O6/c25-19-5-13-11-3-1-2-4-12(11)14-6-20(26)22(28)8-16(14)18-10-24(30)23(29)9-17(18)15(13)7-21(19)27/h1-10,25-30H/b13-11-,14-12-,17-15-,18-16-. The molecule has 30 heavy (non-hydrogen) atoms. The molecule has 4 aromatic rings. The molecule has 1 aliphatic rings. The second kappa shape index (κ2) is 6.09. The largest absolute Gasteiger partial charge is 0.504 e. The summed E-state index contributed by atoms with van der Waals surface area (Å²) in [4.78, 5) is 0. The summed E-state index contributed by atoms with van der Waals surface area (Å²) in [5.74, 6) is -1.99. The molecular weight excluding hydrogens is 384 g/mol. The maximum absolute atomic E-state index is 10.2. The number of rotatable bonds is 0. The molecule has 0 atom stereocenters. The maximum Gasteiger partial charge on any atom is 0.158 e. The van der Waals surface area contributed by atoms with E-state index in [0.29, 0.717) is 41.7 Å². The summed E-state index contributed by atoms with van der Waals surface area (Å²) < 4.78 is 0. The van der Waals surface area contributed by atoms with E-state index in [1.54, 1.807) is 0 Å². The average molecular weight is 400 g/mol. The van der Waals surface area contributed by atoms with Crippen LogP contribution in [0.3, 0.4) is 0 Å².